The van der Waals surface area contributed by atoms with Crippen molar-refractivity contribution in [2.45, 2.75) is 44.2 Å². The van der Waals surface area contributed by atoms with Crippen LogP contribution in [0.1, 0.15) is 53.4 Å². The molecule has 4 rings (SSSR count). The van der Waals surface area contributed by atoms with Gasteiger partial charge in [0.2, 0.25) is 5.91 Å². The van der Waals surface area contributed by atoms with Crippen LogP contribution in [0.3, 0.4) is 0 Å². The number of furan rings is 1. The number of halogens is 1. The van der Waals surface area contributed by atoms with E-state index < -0.39 is 17.8 Å². The van der Waals surface area contributed by atoms with Crippen LogP contribution in [0, 0.1) is 5.82 Å². The van der Waals surface area contributed by atoms with Gasteiger partial charge in [0.05, 0.1) is 6.26 Å². The number of carbonyl (C=O) groups is 2. The Labute approximate surface area is 187 Å². The van der Waals surface area contributed by atoms with E-state index in [-0.39, 0.29) is 29.8 Å². The lowest BCUT2D eigenvalue weighted by atomic mass is 10.0. The van der Waals surface area contributed by atoms with Gasteiger partial charge in [-0.15, -0.1) is 0 Å². The van der Waals surface area contributed by atoms with Crippen molar-refractivity contribution >= 4 is 11.8 Å². The first-order chi connectivity index (χ1) is 15.6. The fourth-order valence-corrected chi connectivity index (χ4v) is 4.28. The van der Waals surface area contributed by atoms with Crippen molar-refractivity contribution in [3.8, 4) is 0 Å². The molecule has 3 aromatic rings. The summed E-state index contributed by atoms with van der Waals surface area (Å²) >= 11 is 0. The quantitative estimate of drug-likeness (QED) is 0.548. The minimum Gasteiger partial charge on any atom is -0.459 e. The number of hydrogen-bond donors (Lipinski definition) is 1. The number of amides is 2. The second-order valence-electron chi connectivity index (χ2n) is 8.13. The van der Waals surface area contributed by atoms with Gasteiger partial charge in [-0.1, -0.05) is 61.4 Å². The molecule has 0 aliphatic heterocycles. The summed E-state index contributed by atoms with van der Waals surface area (Å²) in [6, 6.07) is 18.0. The molecule has 1 atom stereocenters. The highest BCUT2D eigenvalue weighted by Gasteiger charge is 2.35. The third-order valence-electron chi connectivity index (χ3n) is 5.94. The molecule has 0 bridgehead atoms. The largest absolute Gasteiger partial charge is 0.459 e. The van der Waals surface area contributed by atoms with E-state index in [2.05, 4.69) is 5.32 Å². The van der Waals surface area contributed by atoms with Crippen LogP contribution >= 0.6 is 0 Å². The lowest BCUT2D eigenvalue weighted by Crippen LogP contribution is -2.47. The number of nitrogens with zero attached hydrogens (tertiary/aromatic N) is 1. The topological polar surface area (TPSA) is 62.6 Å². The Balaban J connectivity index is 1.69. The third-order valence-corrected chi connectivity index (χ3v) is 5.94. The van der Waals surface area contributed by atoms with E-state index in [9.17, 15) is 14.0 Å². The molecule has 1 aliphatic rings. The molecule has 1 fully saturated rings. The first-order valence-corrected chi connectivity index (χ1v) is 11.1. The van der Waals surface area contributed by atoms with Gasteiger partial charge in [-0.2, -0.15) is 0 Å². The van der Waals surface area contributed by atoms with Crippen molar-refractivity contribution in [1.82, 2.24) is 10.2 Å². The first kappa shape index (κ1) is 21.8. The van der Waals surface area contributed by atoms with E-state index in [4.69, 9.17) is 4.42 Å². The van der Waals surface area contributed by atoms with Crippen LogP contribution in [-0.2, 0) is 11.2 Å². The third kappa shape index (κ3) is 5.07. The first-order valence-electron chi connectivity index (χ1n) is 11.1. The Morgan fingerprint density at radius 2 is 1.72 bits per heavy atom. The fraction of sp³-hybridized carbons (Fsp3) is 0.308. The van der Waals surface area contributed by atoms with Crippen LogP contribution < -0.4 is 5.32 Å². The van der Waals surface area contributed by atoms with Gasteiger partial charge in [0.1, 0.15) is 11.9 Å². The highest BCUT2D eigenvalue weighted by atomic mass is 19.1. The molecule has 1 saturated carbocycles. The fourth-order valence-electron chi connectivity index (χ4n) is 4.28. The normalized spacial score (nSPS) is 14.8. The average molecular weight is 435 g/mol. The summed E-state index contributed by atoms with van der Waals surface area (Å²) < 4.78 is 20.2. The molecule has 0 spiro atoms. The lowest BCUT2D eigenvalue weighted by Gasteiger charge is -2.32. The number of nitrogens with one attached hydrogen (secondary N) is 1. The van der Waals surface area contributed by atoms with Crippen LogP contribution in [0.5, 0.6) is 0 Å². The van der Waals surface area contributed by atoms with E-state index in [0.29, 0.717) is 6.42 Å². The van der Waals surface area contributed by atoms with E-state index >= 15 is 0 Å². The molecule has 5 nitrogen and oxygen atoms in total. The summed E-state index contributed by atoms with van der Waals surface area (Å²) in [6.07, 6.45) is 5.84. The summed E-state index contributed by atoms with van der Waals surface area (Å²) in [5.74, 6) is -1.21. The molecular weight excluding hydrogens is 407 g/mol. The molecule has 1 unspecified atom stereocenters. The van der Waals surface area contributed by atoms with Gasteiger partial charge in [-0.25, -0.2) is 4.39 Å². The SMILES string of the molecule is O=C(NC1CCCC1)C(c1ccccc1F)N(CCc1ccccc1)C(=O)c1ccco1. The molecule has 2 aromatic carbocycles. The van der Waals surface area contributed by atoms with Gasteiger partial charge in [-0.05, 0) is 43.0 Å². The van der Waals surface area contributed by atoms with Crippen LogP contribution in [0.2, 0.25) is 0 Å². The van der Waals surface area contributed by atoms with Crippen molar-refractivity contribution in [2.75, 3.05) is 6.54 Å². The van der Waals surface area contributed by atoms with Crippen LogP contribution in [0.15, 0.2) is 77.4 Å². The zero-order valence-corrected chi connectivity index (χ0v) is 17.9. The maximum Gasteiger partial charge on any atom is 0.290 e. The van der Waals surface area contributed by atoms with Crippen molar-refractivity contribution in [2.24, 2.45) is 0 Å². The molecule has 1 heterocycles. The Morgan fingerprint density at radius 3 is 2.41 bits per heavy atom. The molecule has 166 valence electrons. The minimum absolute atomic E-state index is 0.0476. The Bertz CT molecular complexity index is 1030. The monoisotopic (exact) mass is 434 g/mol. The summed E-state index contributed by atoms with van der Waals surface area (Å²) in [5.41, 5.74) is 1.20. The molecule has 1 N–H and O–H groups in total. The van der Waals surface area contributed by atoms with Gasteiger partial charge < -0.3 is 14.6 Å². The van der Waals surface area contributed by atoms with Gasteiger partial charge in [0.25, 0.3) is 5.91 Å². The molecule has 0 saturated heterocycles. The standard InChI is InChI=1S/C26H27FN2O3/c27-22-14-7-6-13-21(22)24(25(30)28-20-11-4-5-12-20)29(26(31)23-15-8-18-32-23)17-16-19-9-2-1-3-10-19/h1-3,6-10,13-15,18,20,24H,4-5,11-12,16-17H2,(H,28,30). The molecule has 1 aliphatic carbocycles. The van der Waals surface area contributed by atoms with Crippen molar-refractivity contribution in [3.63, 3.8) is 0 Å². The summed E-state index contributed by atoms with van der Waals surface area (Å²) in [6.45, 7) is 0.237. The van der Waals surface area contributed by atoms with Crippen LogP contribution in [0.25, 0.3) is 0 Å². The Kier molecular flexibility index (Phi) is 7.00. The van der Waals surface area contributed by atoms with Crippen molar-refractivity contribution < 1.29 is 18.4 Å². The van der Waals surface area contributed by atoms with Gasteiger partial charge in [0, 0.05) is 18.2 Å². The maximum absolute atomic E-state index is 14.9. The van der Waals surface area contributed by atoms with Gasteiger partial charge in [-0.3, -0.25) is 9.59 Å². The number of benzene rings is 2. The zero-order chi connectivity index (χ0) is 22.3. The predicted molar refractivity (Wildman–Crippen MR) is 119 cm³/mol. The maximum atomic E-state index is 14.9. The van der Waals surface area contributed by atoms with E-state index in [1.807, 2.05) is 30.3 Å². The zero-order valence-electron chi connectivity index (χ0n) is 17.9. The highest BCUT2D eigenvalue weighted by molar-refractivity contribution is 5.96. The molecular formula is C26H27FN2O3. The van der Waals surface area contributed by atoms with Gasteiger partial charge in [0.15, 0.2) is 5.76 Å². The minimum atomic E-state index is -1.10. The van der Waals surface area contributed by atoms with Crippen LogP contribution in [0.4, 0.5) is 4.39 Å². The summed E-state index contributed by atoms with van der Waals surface area (Å²) in [4.78, 5) is 28.3. The lowest BCUT2D eigenvalue weighted by molar-refractivity contribution is -0.126. The molecule has 32 heavy (non-hydrogen) atoms. The number of rotatable bonds is 8. The average Bonchev–Trinajstić information content (AvgIpc) is 3.52. The summed E-state index contributed by atoms with van der Waals surface area (Å²) in [5, 5.41) is 3.05. The second-order valence-corrected chi connectivity index (χ2v) is 8.13. The van der Waals surface area contributed by atoms with Gasteiger partial charge >= 0.3 is 0 Å². The smallest absolute Gasteiger partial charge is 0.290 e. The molecule has 1 aromatic heterocycles. The Hall–Kier alpha value is -3.41. The number of carbonyl (C=O) groups excluding carboxylic acids is 2. The highest BCUT2D eigenvalue weighted by Crippen LogP contribution is 2.28. The van der Waals surface area contributed by atoms with Crippen molar-refractivity contribution in [1.29, 1.82) is 0 Å². The second kappa shape index (κ2) is 10.3. The van der Waals surface area contributed by atoms with E-state index in [1.54, 1.807) is 30.3 Å². The molecule has 2 amide bonds. The van der Waals surface area contributed by atoms with E-state index in [0.717, 1.165) is 31.2 Å². The molecule has 0 radical (unpaired) electrons. The Morgan fingerprint density at radius 1 is 1.00 bits per heavy atom. The molecule has 6 heteroatoms. The summed E-state index contributed by atoms with van der Waals surface area (Å²) in [7, 11) is 0. The predicted octanol–water partition coefficient (Wildman–Crippen LogP) is 4.90. The van der Waals surface area contributed by atoms with Crippen molar-refractivity contribution in [3.05, 3.63) is 95.7 Å². The van der Waals surface area contributed by atoms with E-state index in [1.165, 1.54) is 17.2 Å². The van der Waals surface area contributed by atoms with Crippen LogP contribution in [-0.4, -0.2) is 29.3 Å². The number of hydrogen-bond acceptors (Lipinski definition) is 3.